The van der Waals surface area contributed by atoms with Crippen LogP contribution in [0.2, 0.25) is 0 Å². The number of carboxylic acid groups (broad SMARTS) is 1. The highest BCUT2D eigenvalue weighted by Crippen LogP contribution is 2.39. The van der Waals surface area contributed by atoms with E-state index in [0.717, 1.165) is 11.4 Å². The SMILES string of the molecule is COc1ccc([C@H](C(=O)O)N(C)Cc2cc(C3CC3)n[nH]2)cn1. The van der Waals surface area contributed by atoms with Gasteiger partial charge < -0.3 is 9.84 Å². The molecule has 2 heterocycles. The molecule has 2 N–H and O–H groups in total. The highest BCUT2D eigenvalue weighted by Gasteiger charge is 2.28. The minimum Gasteiger partial charge on any atom is -0.481 e. The number of nitrogens with zero attached hydrogens (tertiary/aromatic N) is 3. The number of carboxylic acids is 1. The molecule has 1 saturated carbocycles. The van der Waals surface area contributed by atoms with Crippen molar-refractivity contribution in [2.45, 2.75) is 31.3 Å². The maximum Gasteiger partial charge on any atom is 0.325 e. The second kappa shape index (κ2) is 6.37. The summed E-state index contributed by atoms with van der Waals surface area (Å²) >= 11 is 0. The molecule has 0 aromatic carbocycles. The van der Waals surface area contributed by atoms with E-state index in [0.29, 0.717) is 23.9 Å². The fourth-order valence-electron chi connectivity index (χ4n) is 2.67. The van der Waals surface area contributed by atoms with Gasteiger partial charge in [0, 0.05) is 30.4 Å². The van der Waals surface area contributed by atoms with Crippen LogP contribution in [0.25, 0.3) is 0 Å². The Labute approximate surface area is 134 Å². The third-order valence-corrected chi connectivity index (χ3v) is 4.02. The topological polar surface area (TPSA) is 91.3 Å². The number of rotatable bonds is 7. The normalized spacial score (nSPS) is 15.6. The van der Waals surface area contributed by atoms with Crippen LogP contribution in [-0.4, -0.2) is 45.3 Å². The van der Waals surface area contributed by atoms with Gasteiger partial charge in [-0.2, -0.15) is 5.10 Å². The average molecular weight is 316 g/mol. The van der Waals surface area contributed by atoms with Crippen LogP contribution in [0, 0.1) is 0 Å². The molecule has 7 nitrogen and oxygen atoms in total. The summed E-state index contributed by atoms with van der Waals surface area (Å²) in [6.45, 7) is 0.475. The first-order chi connectivity index (χ1) is 11.1. The highest BCUT2D eigenvalue weighted by molar-refractivity contribution is 5.75. The van der Waals surface area contributed by atoms with Gasteiger partial charge in [0.25, 0.3) is 0 Å². The first kappa shape index (κ1) is 15.5. The van der Waals surface area contributed by atoms with E-state index in [4.69, 9.17) is 4.74 Å². The maximum absolute atomic E-state index is 11.7. The van der Waals surface area contributed by atoms with Crippen molar-refractivity contribution in [3.8, 4) is 5.88 Å². The van der Waals surface area contributed by atoms with Gasteiger partial charge in [-0.15, -0.1) is 0 Å². The number of hydrogen-bond acceptors (Lipinski definition) is 5. The fourth-order valence-corrected chi connectivity index (χ4v) is 2.67. The number of methoxy groups -OCH3 is 1. The minimum atomic E-state index is -0.915. The Morgan fingerprint density at radius 3 is 2.87 bits per heavy atom. The van der Waals surface area contributed by atoms with Crippen LogP contribution in [0.5, 0.6) is 5.88 Å². The predicted molar refractivity (Wildman–Crippen MR) is 83.2 cm³/mol. The first-order valence-electron chi connectivity index (χ1n) is 7.55. The molecule has 1 aliphatic carbocycles. The van der Waals surface area contributed by atoms with E-state index in [1.165, 1.54) is 26.1 Å². The zero-order valence-electron chi connectivity index (χ0n) is 13.2. The largest absolute Gasteiger partial charge is 0.481 e. The van der Waals surface area contributed by atoms with E-state index in [2.05, 4.69) is 15.2 Å². The van der Waals surface area contributed by atoms with Gasteiger partial charge in [0.05, 0.1) is 12.8 Å². The van der Waals surface area contributed by atoms with Crippen LogP contribution in [0.15, 0.2) is 24.4 Å². The van der Waals surface area contributed by atoms with Gasteiger partial charge in [-0.1, -0.05) is 0 Å². The van der Waals surface area contributed by atoms with E-state index in [9.17, 15) is 9.90 Å². The molecule has 1 fully saturated rings. The molecule has 0 aliphatic heterocycles. The summed E-state index contributed by atoms with van der Waals surface area (Å²) in [6.07, 6.45) is 3.92. The molecule has 0 amide bonds. The second-order valence-electron chi connectivity index (χ2n) is 5.88. The van der Waals surface area contributed by atoms with Crippen molar-refractivity contribution >= 4 is 5.97 Å². The molecule has 0 unspecified atom stereocenters. The first-order valence-corrected chi connectivity index (χ1v) is 7.55. The lowest BCUT2D eigenvalue weighted by Crippen LogP contribution is -2.30. The smallest absolute Gasteiger partial charge is 0.325 e. The zero-order chi connectivity index (χ0) is 16.4. The predicted octanol–water partition coefficient (Wildman–Crippen LogP) is 1.95. The average Bonchev–Trinajstić information content (AvgIpc) is 3.28. The van der Waals surface area contributed by atoms with Gasteiger partial charge in [0.2, 0.25) is 5.88 Å². The second-order valence-corrected chi connectivity index (χ2v) is 5.88. The number of pyridine rings is 1. The summed E-state index contributed by atoms with van der Waals surface area (Å²) in [5, 5.41) is 16.9. The Morgan fingerprint density at radius 1 is 1.52 bits per heavy atom. The molecule has 1 atom stereocenters. The summed E-state index contributed by atoms with van der Waals surface area (Å²) in [4.78, 5) is 17.5. The molecule has 122 valence electrons. The molecule has 1 aliphatic rings. The third kappa shape index (κ3) is 3.50. The van der Waals surface area contributed by atoms with Crippen molar-refractivity contribution in [3.05, 3.63) is 41.3 Å². The van der Waals surface area contributed by atoms with Crippen LogP contribution in [0.1, 0.15) is 41.8 Å². The van der Waals surface area contributed by atoms with Crippen LogP contribution in [0.3, 0.4) is 0 Å². The van der Waals surface area contributed by atoms with Crippen molar-refractivity contribution in [2.24, 2.45) is 0 Å². The number of nitrogens with one attached hydrogen (secondary N) is 1. The number of carbonyl (C=O) groups is 1. The maximum atomic E-state index is 11.7. The van der Waals surface area contributed by atoms with Crippen molar-refractivity contribution in [1.82, 2.24) is 20.1 Å². The van der Waals surface area contributed by atoms with E-state index in [1.807, 2.05) is 6.07 Å². The summed E-state index contributed by atoms with van der Waals surface area (Å²) in [7, 11) is 3.30. The zero-order valence-corrected chi connectivity index (χ0v) is 13.2. The van der Waals surface area contributed by atoms with Crippen molar-refractivity contribution in [2.75, 3.05) is 14.2 Å². The molecular formula is C16H20N4O3. The van der Waals surface area contributed by atoms with Crippen molar-refractivity contribution in [1.29, 1.82) is 0 Å². The van der Waals surface area contributed by atoms with Gasteiger partial charge in [-0.3, -0.25) is 14.8 Å². The number of likely N-dealkylation sites (N-methyl/N-ethyl adjacent to an activating group) is 1. The molecule has 0 saturated heterocycles. The number of aromatic nitrogens is 3. The number of aliphatic carboxylic acids is 1. The van der Waals surface area contributed by atoms with E-state index >= 15 is 0 Å². The third-order valence-electron chi connectivity index (χ3n) is 4.02. The molecule has 2 aromatic rings. The van der Waals surface area contributed by atoms with Gasteiger partial charge in [0.1, 0.15) is 6.04 Å². The minimum absolute atomic E-state index is 0.461. The summed E-state index contributed by atoms with van der Waals surface area (Å²) in [5.74, 6) is 0.121. The van der Waals surface area contributed by atoms with Crippen LogP contribution in [-0.2, 0) is 11.3 Å². The van der Waals surface area contributed by atoms with Crippen molar-refractivity contribution in [3.63, 3.8) is 0 Å². The lowest BCUT2D eigenvalue weighted by molar-refractivity contribution is -0.143. The number of H-pyrrole nitrogens is 1. The van der Waals surface area contributed by atoms with Crippen LogP contribution >= 0.6 is 0 Å². The Balaban J connectivity index is 1.74. The van der Waals surface area contributed by atoms with Crippen LogP contribution < -0.4 is 4.74 Å². The lowest BCUT2D eigenvalue weighted by Gasteiger charge is -2.24. The highest BCUT2D eigenvalue weighted by atomic mass is 16.5. The van der Waals surface area contributed by atoms with Gasteiger partial charge in [-0.25, -0.2) is 4.98 Å². The van der Waals surface area contributed by atoms with Crippen LogP contribution in [0.4, 0.5) is 0 Å². The Morgan fingerprint density at radius 2 is 2.30 bits per heavy atom. The number of hydrogen-bond donors (Lipinski definition) is 2. The summed E-state index contributed by atoms with van der Waals surface area (Å²) < 4.78 is 5.01. The molecular weight excluding hydrogens is 296 g/mol. The van der Waals surface area contributed by atoms with Gasteiger partial charge in [-0.05, 0) is 37.6 Å². The van der Waals surface area contributed by atoms with Gasteiger partial charge in [0.15, 0.2) is 0 Å². The molecule has 0 radical (unpaired) electrons. The molecule has 7 heteroatoms. The monoisotopic (exact) mass is 316 g/mol. The van der Waals surface area contributed by atoms with E-state index in [-0.39, 0.29) is 0 Å². The number of ether oxygens (including phenoxy) is 1. The lowest BCUT2D eigenvalue weighted by atomic mass is 10.1. The molecule has 23 heavy (non-hydrogen) atoms. The van der Waals surface area contributed by atoms with Gasteiger partial charge >= 0.3 is 5.97 Å². The standard InChI is InChI=1S/C16H20N4O3/c1-20(9-12-7-13(19-18-12)10-3-4-10)15(16(21)22)11-5-6-14(23-2)17-8-11/h5-8,10,15H,3-4,9H2,1-2H3,(H,18,19)(H,21,22)/t15-/m1/s1. The van der Waals surface area contributed by atoms with E-state index in [1.54, 1.807) is 24.1 Å². The molecule has 3 rings (SSSR count). The Hall–Kier alpha value is -2.41. The quantitative estimate of drug-likeness (QED) is 0.811. The summed E-state index contributed by atoms with van der Waals surface area (Å²) in [6, 6.07) is 4.64. The Kier molecular flexibility index (Phi) is 4.29. The fraction of sp³-hybridized carbons (Fsp3) is 0.438. The molecule has 0 bridgehead atoms. The summed E-state index contributed by atoms with van der Waals surface area (Å²) in [5.41, 5.74) is 2.61. The molecule has 0 spiro atoms. The van der Waals surface area contributed by atoms with Crippen molar-refractivity contribution < 1.29 is 14.6 Å². The Bertz CT molecular complexity index is 679. The molecule has 2 aromatic heterocycles. The number of aromatic amines is 1. The van der Waals surface area contributed by atoms with E-state index < -0.39 is 12.0 Å².